The number of halogens is 1. The summed E-state index contributed by atoms with van der Waals surface area (Å²) in [6.07, 6.45) is -5.35. The maximum Gasteiger partial charge on any atom is 0.186 e. The average Bonchev–Trinajstić information content (AvgIpc) is 2.15. The Morgan fingerprint density at radius 1 is 1.21 bits per heavy atom. The Morgan fingerprint density at radius 3 is 2.21 bits per heavy atom. The van der Waals surface area contributed by atoms with Gasteiger partial charge in [0.2, 0.25) is 0 Å². The van der Waals surface area contributed by atoms with Crippen molar-refractivity contribution in [1.29, 1.82) is 0 Å². The molecule has 1 fully saturated rings. The number of aliphatic hydroxyl groups excluding tert-OH is 3. The van der Waals surface area contributed by atoms with Gasteiger partial charge < -0.3 is 30.5 Å². The fourth-order valence-electron chi connectivity index (χ4n) is 1.31. The lowest BCUT2D eigenvalue weighted by Crippen LogP contribution is -2.59. The fourth-order valence-corrected chi connectivity index (χ4v) is 1.31. The number of hydrogen-bond acceptors (Lipinski definition) is 6. The summed E-state index contributed by atoms with van der Waals surface area (Å²) in [6, 6.07) is 0. The summed E-state index contributed by atoms with van der Waals surface area (Å²) < 4.78 is 9.83. The van der Waals surface area contributed by atoms with Gasteiger partial charge in [-0.1, -0.05) is 0 Å². The quantitative estimate of drug-likeness (QED) is 0.429. The zero-order chi connectivity index (χ0) is 10.0. The van der Waals surface area contributed by atoms with Crippen LogP contribution in [-0.2, 0) is 9.47 Å². The minimum atomic E-state index is -1.28. The van der Waals surface area contributed by atoms with Gasteiger partial charge in [0.25, 0.3) is 0 Å². The van der Waals surface area contributed by atoms with Crippen molar-refractivity contribution < 1.29 is 24.8 Å². The molecule has 14 heavy (non-hydrogen) atoms. The number of nitrogens with two attached hydrogens (primary N) is 1. The van der Waals surface area contributed by atoms with Crippen LogP contribution in [0.1, 0.15) is 0 Å². The van der Waals surface area contributed by atoms with Gasteiger partial charge in [0, 0.05) is 13.7 Å². The number of rotatable bonds is 2. The van der Waals surface area contributed by atoms with Gasteiger partial charge in [-0.3, -0.25) is 0 Å². The van der Waals surface area contributed by atoms with E-state index in [0.717, 1.165) is 0 Å². The molecule has 5 N–H and O–H groups in total. The van der Waals surface area contributed by atoms with Crippen molar-refractivity contribution in [2.45, 2.75) is 30.7 Å². The second-order valence-electron chi connectivity index (χ2n) is 2.99. The van der Waals surface area contributed by atoms with Crippen molar-refractivity contribution >= 4 is 12.4 Å². The van der Waals surface area contributed by atoms with Crippen molar-refractivity contribution in [2.75, 3.05) is 13.7 Å². The fraction of sp³-hybridized carbons (Fsp3) is 1.00. The smallest absolute Gasteiger partial charge is 0.186 e. The molecule has 1 aliphatic rings. The summed E-state index contributed by atoms with van der Waals surface area (Å²) in [4.78, 5) is 0. The first-order valence-corrected chi connectivity index (χ1v) is 4.04. The Kier molecular flexibility index (Phi) is 5.84. The molecule has 0 aliphatic carbocycles. The Hall–Kier alpha value is 0.0500. The van der Waals surface area contributed by atoms with Crippen LogP contribution in [-0.4, -0.2) is 59.7 Å². The molecule has 0 radical (unpaired) electrons. The third-order valence-corrected chi connectivity index (χ3v) is 2.13. The molecule has 0 saturated carbocycles. The summed E-state index contributed by atoms with van der Waals surface area (Å²) in [5.74, 6) is 0. The molecule has 0 spiro atoms. The molecular formula is C7H16ClNO5. The molecule has 0 aromatic carbocycles. The molecule has 1 rings (SSSR count). The van der Waals surface area contributed by atoms with E-state index in [1.165, 1.54) is 7.11 Å². The van der Waals surface area contributed by atoms with E-state index in [0.29, 0.717) is 0 Å². The van der Waals surface area contributed by atoms with Crippen LogP contribution in [0.4, 0.5) is 0 Å². The summed E-state index contributed by atoms with van der Waals surface area (Å²) in [5.41, 5.74) is 5.28. The van der Waals surface area contributed by atoms with Crippen LogP contribution in [0.2, 0.25) is 0 Å². The van der Waals surface area contributed by atoms with E-state index in [4.69, 9.17) is 15.2 Å². The van der Waals surface area contributed by atoms with Crippen molar-refractivity contribution in [3.05, 3.63) is 0 Å². The van der Waals surface area contributed by atoms with E-state index in [1.807, 2.05) is 0 Å². The van der Waals surface area contributed by atoms with Gasteiger partial charge in [-0.25, -0.2) is 0 Å². The standard InChI is InChI=1S/C7H15NO5.ClH/c1-12-7-6(11)5(10)4(9)3(2-8)13-7;/h3-7,9-11H,2,8H2,1H3;1H/t3-,4-,5+,6-,7-;/m1./s1. The Morgan fingerprint density at radius 2 is 1.79 bits per heavy atom. The van der Waals surface area contributed by atoms with Crippen LogP contribution < -0.4 is 5.73 Å². The van der Waals surface area contributed by atoms with E-state index >= 15 is 0 Å². The predicted octanol–water partition coefficient (Wildman–Crippen LogP) is -2.18. The van der Waals surface area contributed by atoms with E-state index in [-0.39, 0.29) is 19.0 Å². The van der Waals surface area contributed by atoms with Crippen molar-refractivity contribution in [1.82, 2.24) is 0 Å². The Bertz CT molecular complexity index is 152. The first kappa shape index (κ1) is 14.1. The highest BCUT2D eigenvalue weighted by molar-refractivity contribution is 5.85. The van der Waals surface area contributed by atoms with Crippen LogP contribution in [0, 0.1) is 0 Å². The van der Waals surface area contributed by atoms with Gasteiger partial charge in [0.05, 0.1) is 0 Å². The molecule has 86 valence electrons. The average molecular weight is 230 g/mol. The largest absolute Gasteiger partial charge is 0.388 e. The van der Waals surface area contributed by atoms with Gasteiger partial charge in [-0.2, -0.15) is 0 Å². The van der Waals surface area contributed by atoms with Crippen LogP contribution >= 0.6 is 12.4 Å². The SMILES string of the molecule is CO[C@@H]1O[C@H](CN)[C@@H](O)[C@H](O)[C@H]1O.Cl. The molecular weight excluding hydrogens is 214 g/mol. The predicted molar refractivity (Wildman–Crippen MR) is 50.0 cm³/mol. The lowest BCUT2D eigenvalue weighted by atomic mass is 9.99. The number of aliphatic hydroxyl groups is 3. The zero-order valence-electron chi connectivity index (χ0n) is 7.74. The topological polar surface area (TPSA) is 105 Å². The molecule has 0 amide bonds. The molecule has 0 unspecified atom stereocenters. The Balaban J connectivity index is 0.00000169. The van der Waals surface area contributed by atoms with Crippen molar-refractivity contribution in [3.63, 3.8) is 0 Å². The maximum absolute atomic E-state index is 9.35. The second kappa shape index (κ2) is 5.82. The Labute approximate surface area is 88.0 Å². The number of ether oxygens (including phenoxy) is 2. The highest BCUT2D eigenvalue weighted by Crippen LogP contribution is 2.20. The monoisotopic (exact) mass is 229 g/mol. The third-order valence-electron chi connectivity index (χ3n) is 2.13. The summed E-state index contributed by atoms with van der Waals surface area (Å²) in [6.45, 7) is 0.0603. The van der Waals surface area contributed by atoms with E-state index in [1.54, 1.807) is 0 Å². The van der Waals surface area contributed by atoms with Gasteiger partial charge in [0.1, 0.15) is 24.4 Å². The van der Waals surface area contributed by atoms with Crippen LogP contribution in [0.15, 0.2) is 0 Å². The number of hydrogen-bond donors (Lipinski definition) is 4. The van der Waals surface area contributed by atoms with Crippen LogP contribution in [0.3, 0.4) is 0 Å². The summed E-state index contributed by atoms with van der Waals surface area (Å²) >= 11 is 0. The van der Waals surface area contributed by atoms with Crippen LogP contribution in [0.25, 0.3) is 0 Å². The molecule has 1 heterocycles. The molecule has 6 nitrogen and oxygen atoms in total. The zero-order valence-corrected chi connectivity index (χ0v) is 8.55. The lowest BCUT2D eigenvalue weighted by molar-refractivity contribution is -0.287. The van der Waals surface area contributed by atoms with Crippen molar-refractivity contribution in [3.8, 4) is 0 Å². The molecule has 0 bridgehead atoms. The first-order valence-electron chi connectivity index (χ1n) is 4.04. The minimum absolute atomic E-state index is 0. The van der Waals surface area contributed by atoms with Gasteiger partial charge in [-0.15, -0.1) is 12.4 Å². The molecule has 0 aromatic rings. The maximum atomic E-state index is 9.35. The second-order valence-corrected chi connectivity index (χ2v) is 2.99. The highest BCUT2D eigenvalue weighted by Gasteiger charge is 2.43. The summed E-state index contributed by atoms with van der Waals surface area (Å²) in [5, 5.41) is 28.0. The van der Waals surface area contributed by atoms with Crippen molar-refractivity contribution in [2.24, 2.45) is 5.73 Å². The van der Waals surface area contributed by atoms with Gasteiger partial charge >= 0.3 is 0 Å². The molecule has 5 atom stereocenters. The first-order chi connectivity index (χ1) is 6.11. The van der Waals surface area contributed by atoms with E-state index < -0.39 is 30.7 Å². The molecule has 7 heteroatoms. The number of methoxy groups -OCH3 is 1. The van der Waals surface area contributed by atoms with E-state index in [2.05, 4.69) is 0 Å². The van der Waals surface area contributed by atoms with E-state index in [9.17, 15) is 15.3 Å². The summed E-state index contributed by atoms with van der Waals surface area (Å²) in [7, 11) is 1.34. The third kappa shape index (κ3) is 2.54. The van der Waals surface area contributed by atoms with Crippen LogP contribution in [0.5, 0.6) is 0 Å². The van der Waals surface area contributed by atoms with Gasteiger partial charge in [0.15, 0.2) is 6.29 Å². The molecule has 0 aromatic heterocycles. The highest BCUT2D eigenvalue weighted by atomic mass is 35.5. The lowest BCUT2D eigenvalue weighted by Gasteiger charge is -2.39. The normalized spacial score (nSPS) is 43.1. The minimum Gasteiger partial charge on any atom is -0.388 e. The molecule has 1 saturated heterocycles. The van der Waals surface area contributed by atoms with Gasteiger partial charge in [-0.05, 0) is 0 Å². The molecule has 1 aliphatic heterocycles.